The van der Waals surface area contributed by atoms with Crippen molar-refractivity contribution in [3.8, 4) is 5.75 Å². The van der Waals surface area contributed by atoms with Crippen molar-refractivity contribution < 1.29 is 43.1 Å². The number of rotatable bonds is 12. The number of alkyl carbamates (subject to hydrolysis) is 1. The number of methoxy groups -OCH3 is 3. The predicted molar refractivity (Wildman–Crippen MR) is 118 cm³/mol. The van der Waals surface area contributed by atoms with Gasteiger partial charge in [-0.1, -0.05) is 0 Å². The van der Waals surface area contributed by atoms with Crippen LogP contribution in [0.3, 0.4) is 0 Å². The number of benzene rings is 1. The molecule has 0 aliphatic carbocycles. The van der Waals surface area contributed by atoms with E-state index in [0.29, 0.717) is 11.4 Å². The number of hydrogen-bond acceptors (Lipinski definition) is 9. The normalized spacial score (nSPS) is 20.1. The Bertz CT molecular complexity index is 766. The summed E-state index contributed by atoms with van der Waals surface area (Å²) >= 11 is 0. The molecule has 2 rings (SSSR count). The Morgan fingerprint density at radius 3 is 2.21 bits per heavy atom. The van der Waals surface area contributed by atoms with Crippen LogP contribution in [-0.2, 0) is 28.5 Å². The zero-order chi connectivity index (χ0) is 24.6. The molecule has 33 heavy (non-hydrogen) atoms. The van der Waals surface area contributed by atoms with Crippen molar-refractivity contribution in [1.82, 2.24) is 5.32 Å². The minimum absolute atomic E-state index is 0.106. The van der Waals surface area contributed by atoms with Crippen LogP contribution in [0.25, 0.3) is 0 Å². The molecule has 0 aromatic heterocycles. The van der Waals surface area contributed by atoms with E-state index in [2.05, 4.69) is 5.32 Å². The third-order valence-corrected chi connectivity index (χ3v) is 4.83. The maximum absolute atomic E-state index is 13.1. The quantitative estimate of drug-likeness (QED) is 0.343. The first-order valence-corrected chi connectivity index (χ1v) is 10.5. The van der Waals surface area contributed by atoms with E-state index in [4.69, 9.17) is 28.4 Å². The fourth-order valence-corrected chi connectivity index (χ4v) is 3.45. The number of anilines is 1. The van der Waals surface area contributed by atoms with Gasteiger partial charge >= 0.3 is 6.09 Å². The van der Waals surface area contributed by atoms with Crippen LogP contribution in [-0.4, -0.2) is 88.5 Å². The molecule has 0 radical (unpaired) electrons. The molecule has 11 nitrogen and oxygen atoms in total. The van der Waals surface area contributed by atoms with Crippen LogP contribution in [0.1, 0.15) is 20.8 Å². The van der Waals surface area contributed by atoms with Gasteiger partial charge in [0.15, 0.2) is 0 Å². The maximum Gasteiger partial charge on any atom is 0.408 e. The average Bonchev–Trinajstić information content (AvgIpc) is 2.77. The Labute approximate surface area is 193 Å². The molecule has 11 heteroatoms. The first kappa shape index (κ1) is 26.8. The smallest absolute Gasteiger partial charge is 0.408 e. The summed E-state index contributed by atoms with van der Waals surface area (Å²) in [5.74, 6) is 0.251. The van der Waals surface area contributed by atoms with E-state index < -0.39 is 42.6 Å². The number of nitrogens with one attached hydrogen (secondary N) is 1. The number of ether oxygens (including phenoxy) is 6. The molecule has 4 atom stereocenters. The average molecular weight is 471 g/mol. The van der Waals surface area contributed by atoms with Crippen molar-refractivity contribution in [2.45, 2.75) is 50.7 Å². The number of β-lactam (4-membered cyclic amide) rings is 1. The van der Waals surface area contributed by atoms with Gasteiger partial charge in [0.25, 0.3) is 5.91 Å². The van der Waals surface area contributed by atoms with Gasteiger partial charge in [-0.25, -0.2) is 4.79 Å². The fraction of sp³-hybridized carbons (Fsp3) is 0.636. The minimum Gasteiger partial charge on any atom is -0.497 e. The summed E-state index contributed by atoms with van der Waals surface area (Å²) in [5, 5.41) is 12.6. The largest absolute Gasteiger partial charge is 0.497 e. The number of aliphatic hydroxyl groups is 1. The number of nitrogens with zero attached hydrogens (tertiary/aromatic N) is 1. The number of amides is 2. The van der Waals surface area contributed by atoms with Gasteiger partial charge in [-0.3, -0.25) is 4.79 Å². The lowest BCUT2D eigenvalue weighted by atomic mass is 9.86. The van der Waals surface area contributed by atoms with Crippen molar-refractivity contribution in [1.29, 1.82) is 0 Å². The summed E-state index contributed by atoms with van der Waals surface area (Å²) in [6.07, 6.45) is -2.49. The monoisotopic (exact) mass is 470 g/mol. The third-order valence-electron chi connectivity index (χ3n) is 4.83. The molecule has 1 heterocycles. The first-order valence-electron chi connectivity index (χ1n) is 10.5. The van der Waals surface area contributed by atoms with Gasteiger partial charge < -0.3 is 43.7 Å². The summed E-state index contributed by atoms with van der Waals surface area (Å²) in [7, 11) is 4.44. The molecule has 0 bridgehead atoms. The summed E-state index contributed by atoms with van der Waals surface area (Å²) in [6.45, 7) is 4.52. The second-order valence-corrected chi connectivity index (χ2v) is 8.35. The maximum atomic E-state index is 13.1. The van der Waals surface area contributed by atoms with E-state index in [-0.39, 0.29) is 19.5 Å². The summed E-state index contributed by atoms with van der Waals surface area (Å²) in [6, 6.07) is 5.14. The lowest BCUT2D eigenvalue weighted by molar-refractivity contribution is -0.181. The molecule has 0 saturated carbocycles. The van der Waals surface area contributed by atoms with Gasteiger partial charge in [-0.15, -0.1) is 0 Å². The van der Waals surface area contributed by atoms with Gasteiger partial charge in [-0.05, 0) is 45.0 Å². The van der Waals surface area contributed by atoms with Crippen molar-refractivity contribution in [2.75, 3.05) is 46.4 Å². The highest BCUT2D eigenvalue weighted by Gasteiger charge is 2.55. The second-order valence-electron chi connectivity index (χ2n) is 8.35. The van der Waals surface area contributed by atoms with Gasteiger partial charge in [0.05, 0.1) is 19.8 Å². The van der Waals surface area contributed by atoms with Crippen molar-refractivity contribution in [3.63, 3.8) is 0 Å². The standard InChI is InChI=1S/C22H34N2O9/c1-22(2,3)33-21(27)23-17-18(19(32-13-29-5)16(11-25)31-12-28-4)24(20(17)26)14-7-9-15(30-6)10-8-14/h7-10,16-19,25H,11-13H2,1-6H3,(H,23,27)/t16-,17+,18+,19+/m1/s1. The van der Waals surface area contributed by atoms with Gasteiger partial charge in [0.1, 0.15) is 43.2 Å². The Morgan fingerprint density at radius 1 is 1.09 bits per heavy atom. The molecule has 1 fully saturated rings. The molecule has 2 N–H and O–H groups in total. The molecule has 0 spiro atoms. The van der Waals surface area contributed by atoms with E-state index in [1.54, 1.807) is 52.1 Å². The summed E-state index contributed by atoms with van der Waals surface area (Å²) in [4.78, 5) is 27.1. The molecule has 1 aromatic rings. The Balaban J connectivity index is 2.39. The summed E-state index contributed by atoms with van der Waals surface area (Å²) in [5.41, 5.74) is -0.189. The van der Waals surface area contributed by atoms with E-state index in [0.717, 1.165) is 0 Å². The van der Waals surface area contributed by atoms with Crippen LogP contribution in [0.15, 0.2) is 24.3 Å². The van der Waals surface area contributed by atoms with Gasteiger partial charge in [-0.2, -0.15) is 0 Å². The van der Waals surface area contributed by atoms with Crippen molar-refractivity contribution in [2.24, 2.45) is 0 Å². The molecule has 2 amide bonds. The number of aliphatic hydroxyl groups excluding tert-OH is 1. The molecule has 1 saturated heterocycles. The Hall–Kier alpha value is -2.44. The van der Waals surface area contributed by atoms with Crippen molar-refractivity contribution >= 4 is 17.7 Å². The van der Waals surface area contributed by atoms with E-state index in [1.165, 1.54) is 19.1 Å². The molecule has 1 aromatic carbocycles. The van der Waals surface area contributed by atoms with E-state index >= 15 is 0 Å². The molecule has 186 valence electrons. The van der Waals surface area contributed by atoms with E-state index in [1.807, 2.05) is 0 Å². The third kappa shape index (κ3) is 7.02. The zero-order valence-electron chi connectivity index (χ0n) is 19.9. The molecular formula is C22H34N2O9. The highest BCUT2D eigenvalue weighted by molar-refractivity contribution is 6.07. The van der Waals surface area contributed by atoms with Crippen LogP contribution >= 0.6 is 0 Å². The number of hydrogen-bond donors (Lipinski definition) is 2. The molecule has 0 unspecified atom stereocenters. The lowest BCUT2D eigenvalue weighted by Crippen LogP contribution is -2.76. The highest BCUT2D eigenvalue weighted by Crippen LogP contribution is 2.34. The van der Waals surface area contributed by atoms with Crippen LogP contribution in [0.5, 0.6) is 5.75 Å². The van der Waals surface area contributed by atoms with Gasteiger partial charge in [0, 0.05) is 19.9 Å². The van der Waals surface area contributed by atoms with E-state index in [9.17, 15) is 14.7 Å². The van der Waals surface area contributed by atoms with Crippen LogP contribution < -0.4 is 15.0 Å². The Kier molecular flexibility index (Phi) is 9.87. The SMILES string of the molecule is COCO[C@H]([C@@H]1[C@H](NC(=O)OC(C)(C)C)C(=O)N1c1ccc(OC)cc1)[C@@H](CO)OCOC. The lowest BCUT2D eigenvalue weighted by Gasteiger charge is -2.51. The van der Waals surface area contributed by atoms with Gasteiger partial charge in [0.2, 0.25) is 0 Å². The second kappa shape index (κ2) is 12.1. The Morgan fingerprint density at radius 2 is 1.70 bits per heavy atom. The minimum atomic E-state index is -0.982. The predicted octanol–water partition coefficient (Wildman–Crippen LogP) is 1.27. The fourth-order valence-electron chi connectivity index (χ4n) is 3.45. The zero-order valence-corrected chi connectivity index (χ0v) is 19.9. The molecule has 1 aliphatic heterocycles. The van der Waals surface area contributed by atoms with Crippen LogP contribution in [0, 0.1) is 0 Å². The van der Waals surface area contributed by atoms with Crippen LogP contribution in [0.2, 0.25) is 0 Å². The highest BCUT2D eigenvalue weighted by atomic mass is 16.7. The molecule has 1 aliphatic rings. The number of carbonyl (C=O) groups excluding carboxylic acids is 2. The number of carbonyl (C=O) groups is 2. The summed E-state index contributed by atoms with van der Waals surface area (Å²) < 4.78 is 31.9. The topological polar surface area (TPSA) is 125 Å². The molecular weight excluding hydrogens is 436 g/mol. The van der Waals surface area contributed by atoms with Crippen LogP contribution in [0.4, 0.5) is 10.5 Å². The first-order chi connectivity index (χ1) is 15.7. The van der Waals surface area contributed by atoms with Crippen molar-refractivity contribution in [3.05, 3.63) is 24.3 Å².